The molecule has 1 aliphatic heterocycles. The molecule has 0 radical (unpaired) electrons. The molecule has 1 unspecified atom stereocenters. The molecule has 1 aromatic carbocycles. The maximum absolute atomic E-state index is 13.1. The van der Waals surface area contributed by atoms with Crippen molar-refractivity contribution in [2.24, 2.45) is 0 Å². The van der Waals surface area contributed by atoms with E-state index in [2.05, 4.69) is 5.32 Å². The molecule has 4 heteroatoms. The van der Waals surface area contributed by atoms with Gasteiger partial charge in [-0.25, -0.2) is 4.39 Å². The number of hydrogen-bond acceptors (Lipinski definition) is 3. The van der Waals surface area contributed by atoms with E-state index in [1.165, 1.54) is 6.07 Å². The Kier molecular flexibility index (Phi) is 3.56. The Morgan fingerprint density at radius 3 is 2.95 bits per heavy atom. The van der Waals surface area contributed by atoms with Crippen LogP contribution in [0.1, 0.15) is 30.7 Å². The summed E-state index contributed by atoms with van der Waals surface area (Å²) < 4.78 is 18.3. The van der Waals surface area contributed by atoms with E-state index in [-0.39, 0.29) is 5.82 Å². The third-order valence-corrected chi connectivity index (χ3v) is 4.26. The fraction of sp³-hybridized carbons (Fsp3) is 0.600. The number of ether oxygens (including phenoxy) is 1. The van der Waals surface area contributed by atoms with Gasteiger partial charge in [-0.15, -0.1) is 0 Å². The van der Waals surface area contributed by atoms with Gasteiger partial charge in [0.05, 0.1) is 6.61 Å². The molecule has 19 heavy (non-hydrogen) atoms. The van der Waals surface area contributed by atoms with Crippen molar-refractivity contribution in [3.63, 3.8) is 0 Å². The maximum Gasteiger partial charge on any atom is 0.123 e. The fourth-order valence-electron chi connectivity index (χ4n) is 2.89. The van der Waals surface area contributed by atoms with Crippen molar-refractivity contribution in [2.45, 2.75) is 36.8 Å². The Morgan fingerprint density at radius 2 is 2.26 bits per heavy atom. The number of nitrogens with one attached hydrogen (secondary N) is 1. The van der Waals surface area contributed by atoms with Crippen molar-refractivity contribution >= 4 is 0 Å². The van der Waals surface area contributed by atoms with E-state index < -0.39 is 5.60 Å². The Bertz CT molecular complexity index is 440. The molecule has 104 valence electrons. The van der Waals surface area contributed by atoms with Crippen LogP contribution in [0.15, 0.2) is 24.3 Å². The van der Waals surface area contributed by atoms with E-state index in [0.29, 0.717) is 38.1 Å². The third kappa shape index (κ3) is 2.96. The van der Waals surface area contributed by atoms with Crippen LogP contribution in [0.5, 0.6) is 0 Å². The van der Waals surface area contributed by atoms with Crippen LogP contribution in [0.25, 0.3) is 0 Å². The predicted molar refractivity (Wildman–Crippen MR) is 70.6 cm³/mol. The van der Waals surface area contributed by atoms with Gasteiger partial charge < -0.3 is 15.2 Å². The quantitative estimate of drug-likeness (QED) is 0.872. The molecule has 0 spiro atoms. The summed E-state index contributed by atoms with van der Waals surface area (Å²) in [4.78, 5) is 0. The van der Waals surface area contributed by atoms with E-state index in [1.54, 1.807) is 12.1 Å². The Morgan fingerprint density at radius 1 is 1.42 bits per heavy atom. The van der Waals surface area contributed by atoms with E-state index in [1.807, 2.05) is 6.07 Å². The third-order valence-electron chi connectivity index (χ3n) is 4.26. The van der Waals surface area contributed by atoms with Crippen LogP contribution in [0.4, 0.5) is 4.39 Å². The van der Waals surface area contributed by atoms with Gasteiger partial charge in [-0.2, -0.15) is 0 Å². The van der Waals surface area contributed by atoms with Crippen molar-refractivity contribution in [1.82, 2.24) is 5.32 Å². The van der Waals surface area contributed by atoms with Crippen molar-refractivity contribution in [3.05, 3.63) is 35.6 Å². The van der Waals surface area contributed by atoms with Gasteiger partial charge in [-0.3, -0.25) is 0 Å². The Hall–Kier alpha value is -0.970. The van der Waals surface area contributed by atoms with Gasteiger partial charge in [0.1, 0.15) is 11.4 Å². The van der Waals surface area contributed by atoms with Crippen LogP contribution in [0.2, 0.25) is 0 Å². The average molecular weight is 265 g/mol. The van der Waals surface area contributed by atoms with Crippen LogP contribution in [0.3, 0.4) is 0 Å². The van der Waals surface area contributed by atoms with E-state index in [0.717, 1.165) is 18.4 Å². The molecule has 1 saturated heterocycles. The first-order valence-electron chi connectivity index (χ1n) is 6.94. The van der Waals surface area contributed by atoms with Gasteiger partial charge in [0, 0.05) is 25.6 Å². The van der Waals surface area contributed by atoms with Crippen molar-refractivity contribution in [2.75, 3.05) is 19.8 Å². The highest BCUT2D eigenvalue weighted by Crippen LogP contribution is 2.37. The molecular formula is C15H20FNO2. The smallest absolute Gasteiger partial charge is 0.123 e. The molecule has 1 saturated carbocycles. The zero-order valence-corrected chi connectivity index (χ0v) is 10.9. The summed E-state index contributed by atoms with van der Waals surface area (Å²) in [6.45, 7) is 1.67. The summed E-state index contributed by atoms with van der Waals surface area (Å²) in [5.41, 5.74) is 0.394. The summed E-state index contributed by atoms with van der Waals surface area (Å²) >= 11 is 0. The summed E-state index contributed by atoms with van der Waals surface area (Å²) in [6.07, 6.45) is 2.74. The summed E-state index contributed by atoms with van der Waals surface area (Å²) in [7, 11) is 0. The minimum Gasteiger partial charge on any atom is -0.386 e. The zero-order chi connectivity index (χ0) is 13.3. The number of benzene rings is 1. The van der Waals surface area contributed by atoms with Crippen molar-refractivity contribution in [1.29, 1.82) is 0 Å². The molecule has 1 aromatic rings. The van der Waals surface area contributed by atoms with Crippen molar-refractivity contribution < 1.29 is 14.2 Å². The molecule has 0 aromatic heterocycles. The second kappa shape index (κ2) is 5.19. The van der Waals surface area contributed by atoms with Gasteiger partial charge >= 0.3 is 0 Å². The minimum absolute atomic E-state index is 0.161. The number of halogens is 1. The Balaban J connectivity index is 1.45. The van der Waals surface area contributed by atoms with Crippen molar-refractivity contribution in [3.8, 4) is 0 Å². The zero-order valence-electron chi connectivity index (χ0n) is 10.9. The van der Waals surface area contributed by atoms with E-state index >= 15 is 0 Å². The molecule has 2 fully saturated rings. The number of rotatable bonds is 4. The standard InChI is InChI=1S/C15H20FNO2/c16-13-3-1-2-11(6-13)12-7-14(8-12)17-9-15(18)4-5-19-10-15/h1-3,6,12,14,17-18H,4-5,7-10H2. The molecule has 3 nitrogen and oxygen atoms in total. The van der Waals surface area contributed by atoms with Gasteiger partial charge in [0.25, 0.3) is 0 Å². The molecule has 1 aliphatic carbocycles. The van der Waals surface area contributed by atoms with Crippen LogP contribution in [-0.4, -0.2) is 36.5 Å². The average Bonchev–Trinajstić information content (AvgIpc) is 2.74. The van der Waals surface area contributed by atoms with Gasteiger partial charge in [0.2, 0.25) is 0 Å². The minimum atomic E-state index is -0.691. The summed E-state index contributed by atoms with van der Waals surface area (Å²) in [5.74, 6) is 0.286. The first-order chi connectivity index (χ1) is 9.15. The molecular weight excluding hydrogens is 245 g/mol. The van der Waals surface area contributed by atoms with Gasteiger partial charge in [-0.05, 0) is 36.5 Å². The predicted octanol–water partition coefficient (Wildman–Crippen LogP) is 1.81. The highest BCUT2D eigenvalue weighted by atomic mass is 19.1. The summed E-state index contributed by atoms with van der Waals surface area (Å²) in [5, 5.41) is 13.5. The van der Waals surface area contributed by atoms with E-state index in [4.69, 9.17) is 4.74 Å². The second-order valence-corrected chi connectivity index (χ2v) is 5.83. The normalized spacial score (nSPS) is 34.2. The number of aliphatic hydroxyl groups is 1. The van der Waals surface area contributed by atoms with Crippen LogP contribution < -0.4 is 5.32 Å². The molecule has 0 amide bonds. The highest BCUT2D eigenvalue weighted by molar-refractivity contribution is 5.23. The molecule has 2 aliphatic rings. The first kappa shape index (κ1) is 13.0. The van der Waals surface area contributed by atoms with E-state index in [9.17, 15) is 9.50 Å². The molecule has 1 atom stereocenters. The molecule has 3 rings (SSSR count). The SMILES string of the molecule is OC1(CNC2CC(c3cccc(F)c3)C2)CCOC1. The largest absolute Gasteiger partial charge is 0.386 e. The monoisotopic (exact) mass is 265 g/mol. The molecule has 1 heterocycles. The van der Waals surface area contributed by atoms with Crippen LogP contribution >= 0.6 is 0 Å². The van der Waals surface area contributed by atoms with Crippen LogP contribution in [0, 0.1) is 5.82 Å². The lowest BCUT2D eigenvalue weighted by atomic mass is 9.75. The summed E-state index contributed by atoms with van der Waals surface area (Å²) in [6, 6.07) is 7.29. The number of hydrogen-bond donors (Lipinski definition) is 2. The highest BCUT2D eigenvalue weighted by Gasteiger charge is 2.35. The van der Waals surface area contributed by atoms with Gasteiger partial charge in [0.15, 0.2) is 0 Å². The van der Waals surface area contributed by atoms with Crippen LogP contribution in [-0.2, 0) is 4.74 Å². The first-order valence-corrected chi connectivity index (χ1v) is 6.94. The fourth-order valence-corrected chi connectivity index (χ4v) is 2.89. The molecule has 2 N–H and O–H groups in total. The van der Waals surface area contributed by atoms with Gasteiger partial charge in [-0.1, -0.05) is 12.1 Å². The lowest BCUT2D eigenvalue weighted by Crippen LogP contribution is -2.48. The molecule has 0 bridgehead atoms. The lowest BCUT2D eigenvalue weighted by molar-refractivity contribution is 0.0216. The maximum atomic E-state index is 13.1. The topological polar surface area (TPSA) is 41.5 Å². The Labute approximate surface area is 112 Å². The second-order valence-electron chi connectivity index (χ2n) is 5.83. The lowest BCUT2D eigenvalue weighted by Gasteiger charge is -2.38.